The molecule has 3 aliphatic rings. The van der Waals surface area contributed by atoms with Gasteiger partial charge in [-0.2, -0.15) is 0 Å². The Morgan fingerprint density at radius 1 is 0.891 bits per heavy atom. The van der Waals surface area contributed by atoms with Gasteiger partial charge in [-0.15, -0.1) is 0 Å². The van der Waals surface area contributed by atoms with Crippen molar-refractivity contribution < 1.29 is 74.0 Å². The van der Waals surface area contributed by atoms with Crippen molar-refractivity contribution in [2.75, 3.05) is 47.3 Å². The van der Waals surface area contributed by atoms with Gasteiger partial charge in [0.15, 0.2) is 35.4 Å². The first-order chi connectivity index (χ1) is 22.1. The van der Waals surface area contributed by atoms with Gasteiger partial charge in [-0.3, -0.25) is 0 Å². The SMILES string of the molecule is COc1cc([C@@H]2Oc3c(OC)cc(CCCO)cc3[C@H]2CO)ccc1O[C@@H]1O[C@H](CO)[C@@H](O)[C@H](O)[C@H]1O[C@@H]1OC[C@](O)(CO)[C@H]1O. The van der Waals surface area contributed by atoms with Crippen LogP contribution in [0.4, 0.5) is 0 Å². The van der Waals surface area contributed by atoms with Crippen molar-refractivity contribution >= 4 is 0 Å². The first kappa shape index (κ1) is 34.5. The molecule has 15 nitrogen and oxygen atoms in total. The van der Waals surface area contributed by atoms with Gasteiger partial charge >= 0.3 is 0 Å². The number of aliphatic hydroxyl groups is 8. The van der Waals surface area contributed by atoms with Gasteiger partial charge in [-0.1, -0.05) is 12.1 Å². The fraction of sp³-hybridized carbons (Fsp3) is 0.613. The topological polar surface area (TPSA) is 226 Å². The second kappa shape index (κ2) is 14.5. The molecule has 15 heteroatoms. The van der Waals surface area contributed by atoms with Gasteiger partial charge in [0, 0.05) is 12.2 Å². The van der Waals surface area contributed by atoms with E-state index in [0.29, 0.717) is 29.9 Å². The fourth-order valence-electron chi connectivity index (χ4n) is 5.97. The Labute approximate surface area is 265 Å². The van der Waals surface area contributed by atoms with Crippen molar-refractivity contribution in [3.8, 4) is 23.0 Å². The highest BCUT2D eigenvalue weighted by Crippen LogP contribution is 2.51. The number of benzene rings is 2. The van der Waals surface area contributed by atoms with Gasteiger partial charge in [0.05, 0.1) is 46.6 Å². The molecule has 3 heterocycles. The van der Waals surface area contributed by atoms with Crippen molar-refractivity contribution in [3.63, 3.8) is 0 Å². The summed E-state index contributed by atoms with van der Waals surface area (Å²) in [5.41, 5.74) is 0.321. The predicted molar refractivity (Wildman–Crippen MR) is 156 cm³/mol. The Kier molecular flexibility index (Phi) is 10.9. The van der Waals surface area contributed by atoms with E-state index in [0.717, 1.165) is 11.1 Å². The van der Waals surface area contributed by atoms with Gasteiger partial charge in [0.1, 0.15) is 36.1 Å². The van der Waals surface area contributed by atoms with Crippen LogP contribution in [0.1, 0.15) is 35.1 Å². The molecule has 5 rings (SSSR count). The third-order valence-corrected chi connectivity index (χ3v) is 8.65. The summed E-state index contributed by atoms with van der Waals surface area (Å²) < 4.78 is 40.3. The van der Waals surface area contributed by atoms with E-state index in [2.05, 4.69) is 0 Å². The molecule has 2 fully saturated rings. The van der Waals surface area contributed by atoms with Crippen LogP contribution in [0.3, 0.4) is 0 Å². The van der Waals surface area contributed by atoms with E-state index in [1.807, 2.05) is 12.1 Å². The number of hydrogen-bond donors (Lipinski definition) is 8. The van der Waals surface area contributed by atoms with Crippen molar-refractivity contribution in [1.29, 1.82) is 0 Å². The molecule has 256 valence electrons. The zero-order valence-corrected chi connectivity index (χ0v) is 25.5. The lowest BCUT2D eigenvalue weighted by Crippen LogP contribution is -2.62. The van der Waals surface area contributed by atoms with Gasteiger partial charge < -0.3 is 74.0 Å². The Balaban J connectivity index is 1.40. The third-order valence-electron chi connectivity index (χ3n) is 8.65. The van der Waals surface area contributed by atoms with Crippen LogP contribution < -0.4 is 18.9 Å². The summed E-state index contributed by atoms with van der Waals surface area (Å²) in [6.07, 6.45) is -10.2. The Bertz CT molecular complexity index is 1330. The highest BCUT2D eigenvalue weighted by molar-refractivity contribution is 5.56. The number of methoxy groups -OCH3 is 2. The average Bonchev–Trinajstić information content (AvgIpc) is 3.59. The molecule has 0 radical (unpaired) electrons. The molecule has 0 aliphatic carbocycles. The van der Waals surface area contributed by atoms with Crippen LogP contribution in [0.25, 0.3) is 0 Å². The summed E-state index contributed by atoms with van der Waals surface area (Å²) in [6.45, 7) is -2.14. The van der Waals surface area contributed by atoms with Crippen LogP contribution in [0, 0.1) is 0 Å². The van der Waals surface area contributed by atoms with Crippen LogP contribution in [-0.2, 0) is 20.6 Å². The molecule has 0 aromatic heterocycles. The Morgan fingerprint density at radius 2 is 1.65 bits per heavy atom. The first-order valence-corrected chi connectivity index (χ1v) is 15.0. The zero-order chi connectivity index (χ0) is 33.2. The molecule has 0 spiro atoms. The highest BCUT2D eigenvalue weighted by atomic mass is 16.8. The lowest BCUT2D eigenvalue weighted by atomic mass is 9.90. The minimum atomic E-state index is -2.01. The van der Waals surface area contributed by atoms with Crippen LogP contribution in [0.2, 0.25) is 0 Å². The molecule has 0 bridgehead atoms. The molecule has 10 atom stereocenters. The van der Waals surface area contributed by atoms with E-state index in [1.54, 1.807) is 18.2 Å². The summed E-state index contributed by atoms with van der Waals surface area (Å²) in [4.78, 5) is 0. The Morgan fingerprint density at radius 3 is 2.28 bits per heavy atom. The normalized spacial score (nSPS) is 33.8. The lowest BCUT2D eigenvalue weighted by Gasteiger charge is -2.42. The molecule has 2 aromatic rings. The maximum atomic E-state index is 10.9. The summed E-state index contributed by atoms with van der Waals surface area (Å²) in [5, 5.41) is 81.2. The van der Waals surface area contributed by atoms with Crippen molar-refractivity contribution in [3.05, 3.63) is 47.0 Å². The largest absolute Gasteiger partial charge is 0.493 e. The third kappa shape index (κ3) is 6.50. The number of aliphatic hydroxyl groups excluding tert-OH is 7. The monoisotopic (exact) mass is 654 g/mol. The lowest BCUT2D eigenvalue weighted by molar-refractivity contribution is -0.319. The summed E-state index contributed by atoms with van der Waals surface area (Å²) in [7, 11) is 2.93. The van der Waals surface area contributed by atoms with Crippen LogP contribution >= 0.6 is 0 Å². The average molecular weight is 655 g/mol. The maximum absolute atomic E-state index is 10.9. The molecule has 8 N–H and O–H groups in total. The van der Waals surface area contributed by atoms with Crippen LogP contribution in [-0.4, -0.2) is 137 Å². The standard InChI is InChI=1S/C31H42O15/c1-40-20-10-16(25-18(11-33)17-8-15(4-3-7-32)9-21(41-2)26(17)45-25)5-6-19(20)43-29-27(24(37)23(36)22(12-34)44-29)46-30-28(38)31(39,13-35)14-42-30/h5-6,8-10,18,22-25,27-30,32-39H,3-4,7,11-14H2,1-2H3/t18-,22-,23-,24+,25+,27-,28+,29-,30+,31-/m1/s1. The number of hydrogen-bond acceptors (Lipinski definition) is 15. The molecular weight excluding hydrogens is 612 g/mol. The van der Waals surface area contributed by atoms with Crippen molar-refractivity contribution in [1.82, 2.24) is 0 Å². The van der Waals surface area contributed by atoms with Crippen molar-refractivity contribution in [2.45, 2.75) is 73.6 Å². The van der Waals surface area contributed by atoms with Gasteiger partial charge in [0.25, 0.3) is 0 Å². The second-order valence-corrected chi connectivity index (χ2v) is 11.6. The summed E-state index contributed by atoms with van der Waals surface area (Å²) >= 11 is 0. The molecule has 2 saturated heterocycles. The maximum Gasteiger partial charge on any atom is 0.229 e. The molecule has 0 saturated carbocycles. The predicted octanol–water partition coefficient (Wildman–Crippen LogP) is -1.52. The Hall–Kier alpha value is -2.80. The van der Waals surface area contributed by atoms with E-state index in [-0.39, 0.29) is 24.7 Å². The van der Waals surface area contributed by atoms with E-state index in [4.69, 9.17) is 33.2 Å². The highest BCUT2D eigenvalue weighted by Gasteiger charge is 2.53. The molecular formula is C31H42O15. The molecule has 0 unspecified atom stereocenters. The van der Waals surface area contributed by atoms with Gasteiger partial charge in [0.2, 0.25) is 6.29 Å². The second-order valence-electron chi connectivity index (χ2n) is 11.6. The van der Waals surface area contributed by atoms with Crippen LogP contribution in [0.5, 0.6) is 23.0 Å². The van der Waals surface area contributed by atoms with Crippen molar-refractivity contribution in [2.24, 2.45) is 0 Å². The number of ether oxygens (including phenoxy) is 7. The first-order valence-electron chi connectivity index (χ1n) is 15.0. The minimum Gasteiger partial charge on any atom is -0.493 e. The smallest absolute Gasteiger partial charge is 0.229 e. The number of aryl methyl sites for hydroxylation is 1. The molecule has 3 aliphatic heterocycles. The number of rotatable bonds is 13. The van der Waals surface area contributed by atoms with E-state index < -0.39 is 80.5 Å². The summed E-state index contributed by atoms with van der Waals surface area (Å²) in [5.74, 6) is 0.878. The van der Waals surface area contributed by atoms with E-state index in [9.17, 15) is 40.9 Å². The van der Waals surface area contributed by atoms with Gasteiger partial charge in [-0.05, 0) is 42.2 Å². The summed E-state index contributed by atoms with van der Waals surface area (Å²) in [6, 6.07) is 8.67. The quantitative estimate of drug-likeness (QED) is 0.123. The molecule has 2 aromatic carbocycles. The molecule has 46 heavy (non-hydrogen) atoms. The number of fused-ring (bicyclic) bond motifs is 1. The van der Waals surface area contributed by atoms with E-state index >= 15 is 0 Å². The fourth-order valence-corrected chi connectivity index (χ4v) is 5.97. The minimum absolute atomic E-state index is 0.0402. The van der Waals surface area contributed by atoms with Gasteiger partial charge in [-0.25, -0.2) is 0 Å². The zero-order valence-electron chi connectivity index (χ0n) is 25.5. The van der Waals surface area contributed by atoms with E-state index in [1.165, 1.54) is 14.2 Å². The van der Waals surface area contributed by atoms with Crippen LogP contribution in [0.15, 0.2) is 30.3 Å². The molecule has 0 amide bonds.